The number of benzene rings is 1. The minimum atomic E-state index is -3.53. The number of nitrogens with one attached hydrogen (secondary N) is 1. The average Bonchev–Trinajstić information content (AvgIpc) is 2.44. The first kappa shape index (κ1) is 17.5. The van der Waals surface area contributed by atoms with E-state index in [4.69, 9.17) is 0 Å². The van der Waals surface area contributed by atoms with Crippen LogP contribution in [0.3, 0.4) is 0 Å². The van der Waals surface area contributed by atoms with Crippen LogP contribution in [-0.4, -0.2) is 33.2 Å². The maximum absolute atomic E-state index is 12.3. The molecule has 5 nitrogen and oxygen atoms in total. The lowest BCUT2D eigenvalue weighted by Gasteiger charge is -2.30. The zero-order valence-corrected chi connectivity index (χ0v) is 13.7. The lowest BCUT2D eigenvalue weighted by atomic mass is 10.2. The lowest BCUT2D eigenvalue weighted by molar-refractivity contribution is -0.122. The number of anilines is 1. The molecule has 0 heterocycles. The molecule has 0 bridgehead atoms. The number of hydrogen-bond acceptors (Lipinski definition) is 3. The normalized spacial score (nSPS) is 12.7. The first-order valence-corrected chi connectivity index (χ1v) is 9.08. The third-order valence-corrected chi connectivity index (χ3v) is 4.35. The number of nitrogens with zero attached hydrogens (tertiary/aromatic N) is 1. The fourth-order valence-corrected chi connectivity index (χ4v) is 3.35. The minimum absolute atomic E-state index is 0.250. The number of unbranched alkanes of at least 4 members (excludes halogenated alkanes) is 1. The fraction of sp³-hybridized carbons (Fsp3) is 0.533. The molecule has 0 saturated heterocycles. The molecule has 1 N–H and O–H groups in total. The second-order valence-electron chi connectivity index (χ2n) is 4.96. The molecule has 118 valence electrons. The van der Waals surface area contributed by atoms with E-state index in [1.807, 2.05) is 19.9 Å². The van der Waals surface area contributed by atoms with E-state index in [9.17, 15) is 13.2 Å². The minimum Gasteiger partial charge on any atom is -0.354 e. The standard InChI is InChI=1S/C15H24N2O3S/c1-4-6-12-16-15(18)14(5-2)17(21(3,19)20)13-10-8-7-9-11-13/h7-11,14H,4-6,12H2,1-3H3,(H,16,18)/t14-/m1/s1. The molecule has 0 fully saturated rings. The van der Waals surface area contributed by atoms with Gasteiger partial charge in [-0.15, -0.1) is 0 Å². The Kier molecular flexibility index (Phi) is 6.68. The third kappa shape index (κ3) is 5.04. The molecule has 0 spiro atoms. The van der Waals surface area contributed by atoms with Gasteiger partial charge in [-0.3, -0.25) is 9.10 Å². The second-order valence-corrected chi connectivity index (χ2v) is 6.82. The average molecular weight is 312 g/mol. The van der Waals surface area contributed by atoms with Gasteiger partial charge in [0.2, 0.25) is 15.9 Å². The molecule has 0 aliphatic heterocycles. The van der Waals surface area contributed by atoms with Crippen LogP contribution >= 0.6 is 0 Å². The number of carbonyl (C=O) groups is 1. The molecule has 0 radical (unpaired) electrons. The summed E-state index contributed by atoms with van der Waals surface area (Å²) in [5.41, 5.74) is 0.512. The van der Waals surface area contributed by atoms with Crippen LogP contribution in [0.2, 0.25) is 0 Å². The molecule has 1 atom stereocenters. The van der Waals surface area contributed by atoms with E-state index in [2.05, 4.69) is 5.32 Å². The molecule has 0 aromatic heterocycles. The van der Waals surface area contributed by atoms with E-state index in [1.54, 1.807) is 24.3 Å². The van der Waals surface area contributed by atoms with Gasteiger partial charge in [0.25, 0.3) is 0 Å². The molecule has 1 aromatic carbocycles. The van der Waals surface area contributed by atoms with Crippen LogP contribution in [0.4, 0.5) is 5.69 Å². The summed E-state index contributed by atoms with van der Waals surface area (Å²) in [6.45, 7) is 4.42. The Balaban J connectivity index is 3.03. The van der Waals surface area contributed by atoms with E-state index in [0.29, 0.717) is 18.7 Å². The predicted octanol–water partition coefficient (Wildman–Crippen LogP) is 2.15. The zero-order valence-electron chi connectivity index (χ0n) is 12.9. The Morgan fingerprint density at radius 3 is 2.33 bits per heavy atom. The zero-order chi connectivity index (χ0) is 15.9. The largest absolute Gasteiger partial charge is 0.354 e. The van der Waals surface area contributed by atoms with Crippen LogP contribution in [0, 0.1) is 0 Å². The van der Waals surface area contributed by atoms with Crippen molar-refractivity contribution in [3.63, 3.8) is 0 Å². The van der Waals surface area contributed by atoms with Gasteiger partial charge in [-0.2, -0.15) is 0 Å². The predicted molar refractivity (Wildman–Crippen MR) is 85.8 cm³/mol. The molecule has 0 unspecified atom stereocenters. The number of amides is 1. The number of rotatable bonds is 8. The molecule has 1 rings (SSSR count). The summed E-state index contributed by atoms with van der Waals surface area (Å²) in [7, 11) is -3.53. The highest BCUT2D eigenvalue weighted by atomic mass is 32.2. The van der Waals surface area contributed by atoms with Crippen molar-refractivity contribution in [3.05, 3.63) is 30.3 Å². The van der Waals surface area contributed by atoms with E-state index < -0.39 is 16.1 Å². The van der Waals surface area contributed by atoms with Gasteiger partial charge in [0.15, 0.2) is 0 Å². The molecule has 0 aliphatic rings. The van der Waals surface area contributed by atoms with Gasteiger partial charge in [-0.25, -0.2) is 8.42 Å². The Morgan fingerprint density at radius 1 is 1.24 bits per heavy atom. The van der Waals surface area contributed by atoms with Crippen LogP contribution in [0.15, 0.2) is 30.3 Å². The van der Waals surface area contributed by atoms with Crippen LogP contribution in [0.5, 0.6) is 0 Å². The summed E-state index contributed by atoms with van der Waals surface area (Å²) in [5.74, 6) is -0.250. The van der Waals surface area contributed by atoms with Crippen LogP contribution in [-0.2, 0) is 14.8 Å². The summed E-state index contributed by atoms with van der Waals surface area (Å²) in [5, 5.41) is 2.81. The fourth-order valence-electron chi connectivity index (χ4n) is 2.14. The first-order valence-electron chi connectivity index (χ1n) is 7.24. The van der Waals surface area contributed by atoms with Gasteiger partial charge < -0.3 is 5.32 Å². The quantitative estimate of drug-likeness (QED) is 0.748. The van der Waals surface area contributed by atoms with Gasteiger partial charge in [0, 0.05) is 6.54 Å². The Labute approximate surface area is 127 Å². The van der Waals surface area contributed by atoms with Crippen LogP contribution in [0.25, 0.3) is 0 Å². The lowest BCUT2D eigenvalue weighted by Crippen LogP contribution is -2.49. The SMILES string of the molecule is CCCCNC(=O)[C@@H](CC)N(c1ccccc1)S(C)(=O)=O. The smallest absolute Gasteiger partial charge is 0.243 e. The van der Waals surface area contributed by atoms with Gasteiger partial charge in [-0.05, 0) is 25.0 Å². The number of sulfonamides is 1. The van der Waals surface area contributed by atoms with Crippen molar-refractivity contribution in [2.75, 3.05) is 17.1 Å². The number of carbonyl (C=O) groups excluding carboxylic acids is 1. The van der Waals surface area contributed by atoms with Gasteiger partial charge >= 0.3 is 0 Å². The van der Waals surface area contributed by atoms with E-state index in [-0.39, 0.29) is 5.91 Å². The monoisotopic (exact) mass is 312 g/mol. The second kappa shape index (κ2) is 8.02. The molecule has 1 amide bonds. The Hall–Kier alpha value is -1.56. The van der Waals surface area contributed by atoms with Gasteiger partial charge in [0.05, 0.1) is 11.9 Å². The Bertz CT molecular complexity index is 543. The van der Waals surface area contributed by atoms with Crippen LogP contribution in [0.1, 0.15) is 33.1 Å². The van der Waals surface area contributed by atoms with Crippen molar-refractivity contribution >= 4 is 21.6 Å². The third-order valence-electron chi connectivity index (χ3n) is 3.17. The highest BCUT2D eigenvalue weighted by Crippen LogP contribution is 2.21. The van der Waals surface area contributed by atoms with Crippen molar-refractivity contribution in [1.82, 2.24) is 5.32 Å². The summed E-state index contributed by atoms with van der Waals surface area (Å²) in [6, 6.07) is 8.00. The highest BCUT2D eigenvalue weighted by Gasteiger charge is 2.30. The molecule has 1 aromatic rings. The van der Waals surface area contributed by atoms with Crippen molar-refractivity contribution < 1.29 is 13.2 Å². The Morgan fingerprint density at radius 2 is 1.86 bits per heavy atom. The van der Waals surface area contributed by atoms with E-state index >= 15 is 0 Å². The van der Waals surface area contributed by atoms with E-state index in [0.717, 1.165) is 19.1 Å². The summed E-state index contributed by atoms with van der Waals surface area (Å²) >= 11 is 0. The van der Waals surface area contributed by atoms with Gasteiger partial charge in [0.1, 0.15) is 6.04 Å². The van der Waals surface area contributed by atoms with Crippen molar-refractivity contribution in [3.8, 4) is 0 Å². The molecule has 6 heteroatoms. The maximum Gasteiger partial charge on any atom is 0.243 e. The molecule has 0 aliphatic carbocycles. The van der Waals surface area contributed by atoms with Crippen molar-refractivity contribution in [2.24, 2.45) is 0 Å². The topological polar surface area (TPSA) is 66.5 Å². The number of hydrogen-bond donors (Lipinski definition) is 1. The molecular formula is C15H24N2O3S. The van der Waals surface area contributed by atoms with Crippen molar-refractivity contribution in [1.29, 1.82) is 0 Å². The van der Waals surface area contributed by atoms with Crippen LogP contribution < -0.4 is 9.62 Å². The first-order chi connectivity index (χ1) is 9.91. The summed E-state index contributed by atoms with van der Waals surface area (Å²) < 4.78 is 25.4. The summed E-state index contributed by atoms with van der Waals surface area (Å²) in [4.78, 5) is 12.3. The number of para-hydroxylation sites is 1. The molecule has 21 heavy (non-hydrogen) atoms. The highest BCUT2D eigenvalue weighted by molar-refractivity contribution is 7.92. The van der Waals surface area contributed by atoms with E-state index in [1.165, 1.54) is 4.31 Å². The molecular weight excluding hydrogens is 288 g/mol. The van der Waals surface area contributed by atoms with Crippen molar-refractivity contribution in [2.45, 2.75) is 39.2 Å². The summed E-state index contributed by atoms with van der Waals surface area (Å²) in [6.07, 6.45) is 3.40. The molecule has 0 saturated carbocycles. The van der Waals surface area contributed by atoms with Gasteiger partial charge in [-0.1, -0.05) is 38.5 Å². The maximum atomic E-state index is 12.3.